The van der Waals surface area contributed by atoms with E-state index in [4.69, 9.17) is 8.83 Å². The van der Waals surface area contributed by atoms with E-state index in [-0.39, 0.29) is 23.0 Å². The van der Waals surface area contributed by atoms with Crippen LogP contribution in [0.3, 0.4) is 0 Å². The Morgan fingerprint density at radius 2 is 0.969 bits per heavy atom. The van der Waals surface area contributed by atoms with Crippen molar-refractivity contribution in [2.75, 3.05) is 9.80 Å². The number of aryl methyl sites for hydroxylation is 1. The summed E-state index contributed by atoms with van der Waals surface area (Å²) in [6.07, 6.45) is 0. The van der Waals surface area contributed by atoms with Gasteiger partial charge in [-0.3, -0.25) is 0 Å². The van der Waals surface area contributed by atoms with Gasteiger partial charge >= 0.3 is 0 Å². The van der Waals surface area contributed by atoms with Crippen LogP contribution in [0.4, 0.5) is 34.1 Å². The fourth-order valence-corrected chi connectivity index (χ4v) is 9.96. The molecule has 2 aliphatic rings. The zero-order chi connectivity index (χ0) is 44.4. The van der Waals surface area contributed by atoms with Crippen molar-refractivity contribution in [2.24, 2.45) is 0 Å². The highest BCUT2D eigenvalue weighted by Gasteiger charge is 2.44. The molecule has 5 heteroatoms. The van der Waals surface area contributed by atoms with E-state index in [0.29, 0.717) is 0 Å². The normalized spacial score (nSPS) is 13.7. The number of rotatable bonds is 4. The maximum absolute atomic E-state index is 6.57. The molecule has 11 rings (SSSR count). The lowest BCUT2D eigenvalue weighted by Crippen LogP contribution is -2.61. The average Bonchev–Trinajstić information content (AvgIpc) is 3.90. The quantitative estimate of drug-likeness (QED) is 0.165. The monoisotopic (exact) mass is 834 g/mol. The third-order valence-corrected chi connectivity index (χ3v) is 13.5. The molecule has 0 radical (unpaired) electrons. The zero-order valence-corrected chi connectivity index (χ0v) is 38.7. The molecule has 0 amide bonds. The first-order valence-electron chi connectivity index (χ1n) is 22.8. The Morgan fingerprint density at radius 3 is 1.55 bits per heavy atom. The first kappa shape index (κ1) is 40.1. The second-order valence-electron chi connectivity index (χ2n) is 21.2. The van der Waals surface area contributed by atoms with Gasteiger partial charge in [-0.25, -0.2) is 0 Å². The number of hydrogen-bond donors (Lipinski definition) is 0. The molecule has 0 saturated carbocycles. The van der Waals surface area contributed by atoms with Gasteiger partial charge in [0, 0.05) is 56.0 Å². The van der Waals surface area contributed by atoms with E-state index in [9.17, 15) is 0 Å². The molecular weight excluding hydrogens is 779 g/mol. The second-order valence-corrected chi connectivity index (χ2v) is 21.2. The Hall–Kier alpha value is -6.72. The molecule has 316 valence electrons. The van der Waals surface area contributed by atoms with Gasteiger partial charge in [0.15, 0.2) is 0 Å². The highest BCUT2D eigenvalue weighted by atomic mass is 16.3. The van der Waals surface area contributed by atoms with Gasteiger partial charge in [0.05, 0.1) is 0 Å². The SMILES string of the molecule is Cc1cc2c3c(c1)N(c1cccc(-c4cc5ccccc5o4)c1)c1cc(-c4cc5ccccc5o4)ccc1B3c1cc(C(C)(C)C)ccc1N2c1cc(C(C)(C)C)cc(C(C)(C)C)c1. The molecule has 0 bridgehead atoms. The van der Waals surface area contributed by atoms with E-state index in [2.05, 4.69) is 206 Å². The van der Waals surface area contributed by atoms with Crippen LogP contribution in [-0.4, -0.2) is 6.71 Å². The molecule has 64 heavy (non-hydrogen) atoms. The molecule has 0 unspecified atom stereocenters. The second kappa shape index (κ2) is 14.1. The predicted molar refractivity (Wildman–Crippen MR) is 272 cm³/mol. The highest BCUT2D eigenvalue weighted by molar-refractivity contribution is 7.00. The van der Waals surface area contributed by atoms with Gasteiger partial charge in [-0.2, -0.15) is 0 Å². The lowest BCUT2D eigenvalue weighted by atomic mass is 9.33. The lowest BCUT2D eigenvalue weighted by molar-refractivity contribution is 0.568. The zero-order valence-electron chi connectivity index (χ0n) is 38.7. The Bertz CT molecular complexity index is 3230. The summed E-state index contributed by atoms with van der Waals surface area (Å²) in [6, 6.07) is 56.1. The van der Waals surface area contributed by atoms with Crippen molar-refractivity contribution in [1.82, 2.24) is 0 Å². The molecule has 4 nitrogen and oxygen atoms in total. The van der Waals surface area contributed by atoms with Gasteiger partial charge in [0.25, 0.3) is 6.71 Å². The Labute approximate surface area is 378 Å². The molecule has 4 heterocycles. The first-order chi connectivity index (χ1) is 30.5. The Morgan fingerprint density at radius 1 is 0.406 bits per heavy atom. The van der Waals surface area contributed by atoms with Crippen molar-refractivity contribution in [3.63, 3.8) is 0 Å². The largest absolute Gasteiger partial charge is 0.456 e. The van der Waals surface area contributed by atoms with Gasteiger partial charge in [-0.1, -0.05) is 141 Å². The molecule has 9 aromatic rings. The summed E-state index contributed by atoms with van der Waals surface area (Å²) in [5.74, 6) is 1.71. The molecule has 0 aliphatic carbocycles. The lowest BCUT2D eigenvalue weighted by Gasteiger charge is -2.45. The maximum Gasteiger partial charge on any atom is 0.252 e. The minimum atomic E-state index is -0.0480. The molecular formula is C59H55BN2O2. The molecule has 2 aromatic heterocycles. The van der Waals surface area contributed by atoms with Crippen molar-refractivity contribution in [3.8, 4) is 22.6 Å². The van der Waals surface area contributed by atoms with Gasteiger partial charge in [-0.15, -0.1) is 0 Å². The van der Waals surface area contributed by atoms with Crippen LogP contribution in [0.2, 0.25) is 0 Å². The van der Waals surface area contributed by atoms with E-state index in [1.54, 1.807) is 0 Å². The third-order valence-electron chi connectivity index (χ3n) is 13.5. The van der Waals surface area contributed by atoms with Crippen LogP contribution in [0, 0.1) is 6.92 Å². The molecule has 7 aromatic carbocycles. The number of fused-ring (bicyclic) bond motifs is 6. The van der Waals surface area contributed by atoms with Crippen LogP contribution in [-0.2, 0) is 16.2 Å². The van der Waals surface area contributed by atoms with Crippen molar-refractivity contribution in [3.05, 3.63) is 174 Å². The van der Waals surface area contributed by atoms with Crippen molar-refractivity contribution in [1.29, 1.82) is 0 Å². The fraction of sp³-hybridized carbons (Fsp3) is 0.220. The smallest absolute Gasteiger partial charge is 0.252 e. The summed E-state index contributed by atoms with van der Waals surface area (Å²) < 4.78 is 13.1. The molecule has 0 N–H and O–H groups in total. The minimum Gasteiger partial charge on any atom is -0.456 e. The van der Waals surface area contributed by atoms with E-state index < -0.39 is 0 Å². The van der Waals surface area contributed by atoms with E-state index in [1.165, 1.54) is 61.4 Å². The molecule has 0 atom stereocenters. The van der Waals surface area contributed by atoms with E-state index >= 15 is 0 Å². The number of anilines is 6. The van der Waals surface area contributed by atoms with Gasteiger partial charge in [0.1, 0.15) is 22.7 Å². The summed E-state index contributed by atoms with van der Waals surface area (Å²) in [4.78, 5) is 5.07. The molecule has 0 fully saturated rings. The summed E-state index contributed by atoms with van der Waals surface area (Å²) in [5.41, 5.74) is 19.8. The molecule has 0 saturated heterocycles. The summed E-state index contributed by atoms with van der Waals surface area (Å²) >= 11 is 0. The molecule has 0 spiro atoms. The Balaban J connectivity index is 1.21. The van der Waals surface area contributed by atoms with Gasteiger partial charge < -0.3 is 18.6 Å². The van der Waals surface area contributed by atoms with Crippen LogP contribution in [0.25, 0.3) is 44.6 Å². The number of furan rings is 2. The van der Waals surface area contributed by atoms with Gasteiger partial charge in [0.2, 0.25) is 0 Å². The van der Waals surface area contributed by atoms with Crippen LogP contribution >= 0.6 is 0 Å². The predicted octanol–water partition coefficient (Wildman–Crippen LogP) is 14.8. The van der Waals surface area contributed by atoms with Crippen LogP contribution in [0.15, 0.2) is 160 Å². The maximum atomic E-state index is 6.57. The van der Waals surface area contributed by atoms with E-state index in [0.717, 1.165) is 56.0 Å². The average molecular weight is 835 g/mol. The number of hydrogen-bond acceptors (Lipinski definition) is 4. The van der Waals surface area contributed by atoms with Crippen molar-refractivity contribution < 1.29 is 8.83 Å². The third kappa shape index (κ3) is 6.59. The standard InChI is InChI=1S/C59H55BN2O2/c1-36-26-50-56-51(27-36)62(45-33-42(58(5,6)7)32-43(34-45)59(8,9)10)48-25-23-41(57(2,3)4)35-47(48)60(56)46-24-22-40(55-31-39-17-12-14-21-53(39)64-55)29-49(46)61(50)44-19-15-18-37(28-44)54-30-38-16-11-13-20-52(38)63-54/h11-35H,1-10H3. The fourth-order valence-electron chi connectivity index (χ4n) is 9.96. The van der Waals surface area contributed by atoms with Crippen LogP contribution in [0.1, 0.15) is 84.6 Å². The van der Waals surface area contributed by atoms with Crippen molar-refractivity contribution in [2.45, 2.75) is 85.5 Å². The van der Waals surface area contributed by atoms with Gasteiger partial charge in [-0.05, 0) is 135 Å². The minimum absolute atomic E-state index is 0.0263. The van der Waals surface area contributed by atoms with Crippen molar-refractivity contribution >= 4 is 79.2 Å². The number of para-hydroxylation sites is 2. The summed E-state index contributed by atoms with van der Waals surface area (Å²) in [5, 5.41) is 2.19. The number of nitrogens with zero attached hydrogens (tertiary/aromatic N) is 2. The number of benzene rings is 7. The topological polar surface area (TPSA) is 32.8 Å². The first-order valence-corrected chi connectivity index (χ1v) is 22.8. The van der Waals surface area contributed by atoms with Crippen LogP contribution < -0.4 is 26.2 Å². The van der Waals surface area contributed by atoms with E-state index in [1.807, 2.05) is 24.3 Å². The summed E-state index contributed by atoms with van der Waals surface area (Å²) in [7, 11) is 0. The Kier molecular flexibility index (Phi) is 8.86. The van der Waals surface area contributed by atoms with Crippen LogP contribution in [0.5, 0.6) is 0 Å². The molecule has 2 aliphatic heterocycles. The summed E-state index contributed by atoms with van der Waals surface area (Å²) in [6.45, 7) is 23.2. The highest BCUT2D eigenvalue weighted by Crippen LogP contribution is 2.48.